The first-order chi connectivity index (χ1) is 16.3. The SMILES string of the molecule is CC(NC(=O)CN1C(=O)NC(C)(c2ccc3c(c2)OCCO3)C1=O)c1ccc2ccccc2c1. The molecule has 2 aliphatic heterocycles. The molecule has 5 rings (SSSR count). The summed E-state index contributed by atoms with van der Waals surface area (Å²) >= 11 is 0. The molecule has 2 atom stereocenters. The molecule has 0 aliphatic carbocycles. The van der Waals surface area contributed by atoms with Crippen LogP contribution in [0.2, 0.25) is 0 Å². The van der Waals surface area contributed by atoms with E-state index in [1.807, 2.05) is 49.4 Å². The summed E-state index contributed by atoms with van der Waals surface area (Å²) in [5.74, 6) is 0.194. The van der Waals surface area contributed by atoms with E-state index in [0.717, 1.165) is 21.2 Å². The van der Waals surface area contributed by atoms with Crippen molar-refractivity contribution in [3.63, 3.8) is 0 Å². The molecule has 3 aromatic carbocycles. The third-order valence-electron chi connectivity index (χ3n) is 6.35. The minimum Gasteiger partial charge on any atom is -0.486 e. The number of amides is 4. The largest absolute Gasteiger partial charge is 0.486 e. The van der Waals surface area contributed by atoms with Gasteiger partial charge in [-0.15, -0.1) is 0 Å². The van der Waals surface area contributed by atoms with Gasteiger partial charge in [-0.1, -0.05) is 42.5 Å². The first-order valence-corrected chi connectivity index (χ1v) is 11.2. The molecule has 2 N–H and O–H groups in total. The standard InChI is InChI=1S/C26H25N3O5/c1-16(18-8-7-17-5-3-4-6-19(17)13-18)27-23(30)15-29-24(31)26(2,28-25(29)32)20-9-10-21-22(14-20)34-12-11-33-21/h3-10,13-14,16H,11-12,15H2,1-2H3,(H,27,30)(H,28,32). The van der Waals surface area contributed by atoms with Crippen molar-refractivity contribution < 1.29 is 23.9 Å². The number of carbonyl (C=O) groups is 3. The first kappa shape index (κ1) is 21.8. The summed E-state index contributed by atoms with van der Waals surface area (Å²) in [4.78, 5) is 39.6. The van der Waals surface area contributed by atoms with Gasteiger partial charge < -0.3 is 20.1 Å². The molecule has 174 valence electrons. The lowest BCUT2D eigenvalue weighted by atomic mass is 9.91. The molecular weight excluding hydrogens is 434 g/mol. The zero-order valence-electron chi connectivity index (χ0n) is 19.0. The molecule has 8 nitrogen and oxygen atoms in total. The Kier molecular flexibility index (Phi) is 5.36. The van der Waals surface area contributed by atoms with Crippen molar-refractivity contribution in [3.05, 3.63) is 71.8 Å². The Labute approximate surface area is 196 Å². The van der Waals surface area contributed by atoms with E-state index in [0.29, 0.717) is 30.3 Å². The highest BCUT2D eigenvalue weighted by Crippen LogP contribution is 2.36. The number of imide groups is 1. The summed E-state index contributed by atoms with van der Waals surface area (Å²) in [5.41, 5.74) is 0.185. The van der Waals surface area contributed by atoms with Crippen LogP contribution in [0.15, 0.2) is 60.7 Å². The molecule has 0 saturated carbocycles. The molecule has 1 saturated heterocycles. The molecule has 0 spiro atoms. The molecule has 8 heteroatoms. The molecular formula is C26H25N3O5. The van der Waals surface area contributed by atoms with Crippen LogP contribution in [0.25, 0.3) is 10.8 Å². The van der Waals surface area contributed by atoms with Gasteiger partial charge in [0.25, 0.3) is 5.91 Å². The number of carbonyl (C=O) groups excluding carboxylic acids is 3. The molecule has 0 bridgehead atoms. The highest BCUT2D eigenvalue weighted by Gasteiger charge is 2.49. The van der Waals surface area contributed by atoms with E-state index in [-0.39, 0.29) is 12.6 Å². The molecule has 34 heavy (non-hydrogen) atoms. The Bertz CT molecular complexity index is 1310. The van der Waals surface area contributed by atoms with Gasteiger partial charge >= 0.3 is 6.03 Å². The van der Waals surface area contributed by atoms with Crippen LogP contribution in [0.4, 0.5) is 4.79 Å². The summed E-state index contributed by atoms with van der Waals surface area (Å²) in [6.07, 6.45) is 0. The van der Waals surface area contributed by atoms with E-state index in [4.69, 9.17) is 9.47 Å². The van der Waals surface area contributed by atoms with E-state index in [1.54, 1.807) is 25.1 Å². The van der Waals surface area contributed by atoms with Crippen LogP contribution in [-0.4, -0.2) is 42.5 Å². The molecule has 0 aromatic heterocycles. The van der Waals surface area contributed by atoms with Crippen molar-refractivity contribution in [2.45, 2.75) is 25.4 Å². The van der Waals surface area contributed by atoms with Crippen LogP contribution in [0.5, 0.6) is 11.5 Å². The number of hydrogen-bond donors (Lipinski definition) is 2. The highest BCUT2D eigenvalue weighted by atomic mass is 16.6. The van der Waals surface area contributed by atoms with Crippen LogP contribution in [0.3, 0.4) is 0 Å². The minimum absolute atomic E-state index is 0.290. The highest BCUT2D eigenvalue weighted by molar-refractivity contribution is 6.09. The minimum atomic E-state index is -1.31. The topological polar surface area (TPSA) is 97.0 Å². The Morgan fingerprint density at radius 3 is 2.56 bits per heavy atom. The molecule has 0 radical (unpaired) electrons. The van der Waals surface area contributed by atoms with Gasteiger partial charge in [0.1, 0.15) is 25.3 Å². The van der Waals surface area contributed by atoms with Crippen LogP contribution >= 0.6 is 0 Å². The first-order valence-electron chi connectivity index (χ1n) is 11.2. The second-order valence-corrected chi connectivity index (χ2v) is 8.70. The van der Waals surface area contributed by atoms with Gasteiger partial charge in [-0.2, -0.15) is 0 Å². The maximum atomic E-state index is 13.2. The fourth-order valence-corrected chi connectivity index (χ4v) is 4.38. The van der Waals surface area contributed by atoms with Crippen molar-refractivity contribution in [1.82, 2.24) is 15.5 Å². The average molecular weight is 460 g/mol. The van der Waals surface area contributed by atoms with E-state index < -0.39 is 23.4 Å². The fraction of sp³-hybridized carbons (Fsp3) is 0.269. The fourth-order valence-electron chi connectivity index (χ4n) is 4.38. The Balaban J connectivity index is 1.29. The van der Waals surface area contributed by atoms with Crippen LogP contribution in [-0.2, 0) is 15.1 Å². The van der Waals surface area contributed by atoms with E-state index in [1.165, 1.54) is 0 Å². The van der Waals surface area contributed by atoms with Crippen LogP contribution in [0.1, 0.15) is 31.0 Å². The summed E-state index contributed by atoms with van der Waals surface area (Å²) in [7, 11) is 0. The van der Waals surface area contributed by atoms with Crippen molar-refractivity contribution >= 4 is 28.6 Å². The second kappa shape index (κ2) is 8.37. The van der Waals surface area contributed by atoms with E-state index in [9.17, 15) is 14.4 Å². The lowest BCUT2D eigenvalue weighted by molar-refractivity contribution is -0.135. The smallest absolute Gasteiger partial charge is 0.325 e. The number of nitrogens with zero attached hydrogens (tertiary/aromatic N) is 1. The summed E-state index contributed by atoms with van der Waals surface area (Å²) < 4.78 is 11.1. The van der Waals surface area contributed by atoms with Gasteiger partial charge in [-0.3, -0.25) is 14.5 Å². The lowest BCUT2D eigenvalue weighted by Crippen LogP contribution is -2.43. The predicted octanol–water partition coefficient (Wildman–Crippen LogP) is 3.26. The van der Waals surface area contributed by atoms with Crippen molar-refractivity contribution in [2.24, 2.45) is 0 Å². The maximum Gasteiger partial charge on any atom is 0.325 e. The number of hydrogen-bond acceptors (Lipinski definition) is 5. The number of rotatable bonds is 5. The van der Waals surface area contributed by atoms with Gasteiger partial charge in [0.05, 0.1) is 6.04 Å². The summed E-state index contributed by atoms with van der Waals surface area (Å²) in [6.45, 7) is 3.99. The molecule has 3 aromatic rings. The van der Waals surface area contributed by atoms with Crippen molar-refractivity contribution in [3.8, 4) is 11.5 Å². The van der Waals surface area contributed by atoms with Gasteiger partial charge in [0, 0.05) is 0 Å². The van der Waals surface area contributed by atoms with Gasteiger partial charge in [0.2, 0.25) is 5.91 Å². The molecule has 1 fully saturated rings. The number of ether oxygens (including phenoxy) is 2. The van der Waals surface area contributed by atoms with E-state index in [2.05, 4.69) is 10.6 Å². The molecule has 2 unspecified atom stereocenters. The number of nitrogens with one attached hydrogen (secondary N) is 2. The second-order valence-electron chi connectivity index (χ2n) is 8.70. The monoisotopic (exact) mass is 459 g/mol. The van der Waals surface area contributed by atoms with Gasteiger partial charge in [0.15, 0.2) is 11.5 Å². The Hall–Kier alpha value is -4.07. The third kappa shape index (κ3) is 3.81. The number of urea groups is 1. The maximum absolute atomic E-state index is 13.2. The van der Waals surface area contributed by atoms with Gasteiger partial charge in [-0.25, -0.2) is 4.79 Å². The molecule has 4 amide bonds. The Morgan fingerprint density at radius 2 is 1.76 bits per heavy atom. The zero-order chi connectivity index (χ0) is 23.9. The normalized spacial score (nSPS) is 20.2. The van der Waals surface area contributed by atoms with Crippen LogP contribution in [0, 0.1) is 0 Å². The van der Waals surface area contributed by atoms with Crippen molar-refractivity contribution in [2.75, 3.05) is 19.8 Å². The summed E-state index contributed by atoms with van der Waals surface area (Å²) in [5, 5.41) is 7.80. The molecule has 2 aliphatic rings. The van der Waals surface area contributed by atoms with Crippen LogP contribution < -0.4 is 20.1 Å². The molecule has 2 heterocycles. The number of benzene rings is 3. The average Bonchev–Trinajstić information content (AvgIpc) is 3.07. The Morgan fingerprint density at radius 1 is 1.03 bits per heavy atom. The zero-order valence-corrected chi connectivity index (χ0v) is 19.0. The number of fused-ring (bicyclic) bond motifs is 2. The third-order valence-corrected chi connectivity index (χ3v) is 6.35. The summed E-state index contributed by atoms with van der Waals surface area (Å²) in [6, 6.07) is 18.2. The van der Waals surface area contributed by atoms with Gasteiger partial charge in [-0.05, 0) is 53.9 Å². The van der Waals surface area contributed by atoms with E-state index >= 15 is 0 Å². The van der Waals surface area contributed by atoms with Crippen molar-refractivity contribution in [1.29, 1.82) is 0 Å². The quantitative estimate of drug-likeness (QED) is 0.571. The predicted molar refractivity (Wildman–Crippen MR) is 126 cm³/mol. The lowest BCUT2D eigenvalue weighted by Gasteiger charge is -2.25.